The van der Waals surface area contributed by atoms with Gasteiger partial charge in [0.05, 0.1) is 13.2 Å². The number of hydrogen-bond donors (Lipinski definition) is 0. The fourth-order valence-corrected chi connectivity index (χ4v) is 4.11. The van der Waals surface area contributed by atoms with Crippen LogP contribution in [-0.2, 0) is 25.5 Å². The Morgan fingerprint density at radius 3 is 2.33 bits per heavy atom. The van der Waals surface area contributed by atoms with Crippen LogP contribution in [0.3, 0.4) is 0 Å². The monoisotopic (exact) mass is 378 g/mol. The minimum Gasteiger partial charge on any atom is -0.465 e. The molecule has 0 saturated heterocycles. The van der Waals surface area contributed by atoms with Gasteiger partial charge in [-0.3, -0.25) is 9.59 Å². The molecule has 0 N–H and O–H groups in total. The molecular weight excluding hydrogens is 347 g/mol. The predicted octanol–water partition coefficient (Wildman–Crippen LogP) is 4.94. The number of ether oxygens (including phenoxy) is 2. The molecule has 4 nitrogen and oxygen atoms in total. The molecular formula is C22H31FO4. The van der Waals surface area contributed by atoms with E-state index < -0.39 is 17.4 Å². The molecule has 0 amide bonds. The predicted molar refractivity (Wildman–Crippen MR) is 102 cm³/mol. The van der Waals surface area contributed by atoms with E-state index in [1.165, 1.54) is 6.07 Å². The number of hydrogen-bond acceptors (Lipinski definition) is 4. The molecule has 1 atom stereocenters. The highest BCUT2D eigenvalue weighted by Gasteiger charge is 2.53. The Morgan fingerprint density at radius 1 is 1.07 bits per heavy atom. The normalized spacial score (nSPS) is 17.9. The molecule has 1 aromatic carbocycles. The van der Waals surface area contributed by atoms with Crippen LogP contribution in [0.25, 0.3) is 0 Å². The smallest absolute Gasteiger partial charge is 0.323 e. The van der Waals surface area contributed by atoms with E-state index in [2.05, 4.69) is 6.92 Å². The van der Waals surface area contributed by atoms with Crippen LogP contribution < -0.4 is 0 Å². The zero-order chi connectivity index (χ0) is 19.9. The van der Waals surface area contributed by atoms with Crippen molar-refractivity contribution in [3.8, 4) is 0 Å². The minimum absolute atomic E-state index is 0.128. The average Bonchev–Trinajstić information content (AvgIpc) is 2.65. The molecule has 5 heteroatoms. The number of benzene rings is 1. The van der Waals surface area contributed by atoms with Crippen LogP contribution in [0.4, 0.5) is 4.39 Å². The second-order valence-electron chi connectivity index (χ2n) is 7.26. The van der Waals surface area contributed by atoms with Crippen LogP contribution in [0, 0.1) is 11.2 Å². The van der Waals surface area contributed by atoms with Crippen LogP contribution in [-0.4, -0.2) is 25.2 Å². The molecule has 0 spiro atoms. The van der Waals surface area contributed by atoms with Crippen LogP contribution in [0.15, 0.2) is 18.2 Å². The number of rotatable bonds is 9. The molecule has 1 aromatic rings. The Hall–Kier alpha value is -1.91. The van der Waals surface area contributed by atoms with E-state index in [0.29, 0.717) is 11.1 Å². The summed E-state index contributed by atoms with van der Waals surface area (Å²) in [5, 5.41) is 0. The molecule has 2 rings (SSSR count). The summed E-state index contributed by atoms with van der Waals surface area (Å²) in [7, 11) is 0. The van der Waals surface area contributed by atoms with Crippen molar-refractivity contribution in [1.29, 1.82) is 0 Å². The standard InChI is InChI=1S/C22H31FO4/c1-4-7-8-9-11-16-14-22(20(24)26-5-2,21(25)27-6-3)15-17-12-10-13-18(23)19(16)17/h10,12-13,16H,4-9,11,14-15H2,1-3H3/t16-/m1/s1. The Kier molecular flexibility index (Phi) is 7.81. The minimum atomic E-state index is -1.39. The summed E-state index contributed by atoms with van der Waals surface area (Å²) >= 11 is 0. The van der Waals surface area contributed by atoms with E-state index in [9.17, 15) is 14.0 Å². The molecule has 0 aromatic heterocycles. The Bertz CT molecular complexity index is 638. The Balaban J connectivity index is 2.41. The molecule has 1 aliphatic carbocycles. The van der Waals surface area contributed by atoms with Gasteiger partial charge >= 0.3 is 11.9 Å². The van der Waals surface area contributed by atoms with Crippen molar-refractivity contribution < 1.29 is 23.5 Å². The molecule has 150 valence electrons. The van der Waals surface area contributed by atoms with Gasteiger partial charge < -0.3 is 9.47 Å². The second kappa shape index (κ2) is 9.86. The molecule has 0 unspecified atom stereocenters. The molecule has 0 fully saturated rings. The number of carbonyl (C=O) groups is 2. The third-order valence-electron chi connectivity index (χ3n) is 5.38. The number of unbranched alkanes of at least 4 members (excludes halogenated alkanes) is 3. The summed E-state index contributed by atoms with van der Waals surface area (Å²) in [6.45, 7) is 5.96. The quantitative estimate of drug-likeness (QED) is 0.347. The summed E-state index contributed by atoms with van der Waals surface area (Å²) in [5.74, 6) is -1.57. The van der Waals surface area contributed by atoms with Gasteiger partial charge in [0.25, 0.3) is 0 Å². The zero-order valence-corrected chi connectivity index (χ0v) is 16.7. The van der Waals surface area contributed by atoms with E-state index in [-0.39, 0.29) is 37.8 Å². The van der Waals surface area contributed by atoms with Crippen molar-refractivity contribution in [2.75, 3.05) is 13.2 Å². The van der Waals surface area contributed by atoms with Crippen LogP contribution in [0.2, 0.25) is 0 Å². The second-order valence-corrected chi connectivity index (χ2v) is 7.26. The molecule has 0 bridgehead atoms. The number of carbonyl (C=O) groups excluding carboxylic acids is 2. The Morgan fingerprint density at radius 2 is 1.74 bits per heavy atom. The fraction of sp³-hybridized carbons (Fsp3) is 0.636. The maximum absolute atomic E-state index is 14.6. The lowest BCUT2D eigenvalue weighted by Gasteiger charge is -2.38. The summed E-state index contributed by atoms with van der Waals surface area (Å²) in [5.41, 5.74) is -0.0246. The number of esters is 2. The maximum Gasteiger partial charge on any atom is 0.323 e. The molecule has 1 aliphatic rings. The van der Waals surface area contributed by atoms with Gasteiger partial charge in [-0.25, -0.2) is 4.39 Å². The van der Waals surface area contributed by atoms with Crippen LogP contribution in [0.5, 0.6) is 0 Å². The van der Waals surface area contributed by atoms with Gasteiger partial charge in [0, 0.05) is 0 Å². The van der Waals surface area contributed by atoms with Gasteiger partial charge in [0.1, 0.15) is 5.82 Å². The van der Waals surface area contributed by atoms with Crippen molar-refractivity contribution in [2.45, 2.75) is 71.6 Å². The first kappa shape index (κ1) is 21.4. The third-order valence-corrected chi connectivity index (χ3v) is 5.38. The van der Waals surface area contributed by atoms with Gasteiger partial charge in [-0.05, 0) is 56.2 Å². The summed E-state index contributed by atoms with van der Waals surface area (Å²) < 4.78 is 25.1. The number of halogens is 1. The molecule has 0 heterocycles. The largest absolute Gasteiger partial charge is 0.465 e. The first-order valence-corrected chi connectivity index (χ1v) is 10.1. The van der Waals surface area contributed by atoms with E-state index in [1.807, 2.05) is 6.07 Å². The summed E-state index contributed by atoms with van der Waals surface area (Å²) in [4.78, 5) is 25.7. The van der Waals surface area contributed by atoms with Crippen molar-refractivity contribution in [3.63, 3.8) is 0 Å². The van der Waals surface area contributed by atoms with Crippen LogP contribution in [0.1, 0.15) is 76.3 Å². The number of fused-ring (bicyclic) bond motifs is 1. The third kappa shape index (κ3) is 4.69. The fourth-order valence-electron chi connectivity index (χ4n) is 4.11. The van der Waals surface area contributed by atoms with E-state index in [1.54, 1.807) is 19.9 Å². The Labute approximate surface area is 161 Å². The summed E-state index contributed by atoms with van der Waals surface area (Å²) in [6, 6.07) is 4.90. The van der Waals surface area contributed by atoms with Gasteiger partial charge in [0.15, 0.2) is 5.41 Å². The van der Waals surface area contributed by atoms with Gasteiger partial charge in [-0.15, -0.1) is 0 Å². The molecule has 27 heavy (non-hydrogen) atoms. The zero-order valence-electron chi connectivity index (χ0n) is 16.7. The van der Waals surface area contributed by atoms with E-state index in [0.717, 1.165) is 32.1 Å². The van der Waals surface area contributed by atoms with Crippen molar-refractivity contribution in [3.05, 3.63) is 35.1 Å². The van der Waals surface area contributed by atoms with Gasteiger partial charge in [0.2, 0.25) is 0 Å². The van der Waals surface area contributed by atoms with E-state index in [4.69, 9.17) is 9.47 Å². The van der Waals surface area contributed by atoms with Crippen molar-refractivity contribution in [2.24, 2.45) is 5.41 Å². The van der Waals surface area contributed by atoms with Crippen molar-refractivity contribution in [1.82, 2.24) is 0 Å². The molecule has 0 saturated carbocycles. The van der Waals surface area contributed by atoms with Crippen LogP contribution >= 0.6 is 0 Å². The average molecular weight is 378 g/mol. The molecule has 0 aliphatic heterocycles. The maximum atomic E-state index is 14.6. The van der Waals surface area contributed by atoms with Gasteiger partial charge in [-0.2, -0.15) is 0 Å². The highest BCUT2D eigenvalue weighted by molar-refractivity contribution is 6.01. The lowest BCUT2D eigenvalue weighted by molar-refractivity contribution is -0.173. The van der Waals surface area contributed by atoms with E-state index >= 15 is 0 Å². The summed E-state index contributed by atoms with van der Waals surface area (Å²) in [6.07, 6.45) is 5.35. The highest BCUT2D eigenvalue weighted by atomic mass is 19.1. The first-order valence-electron chi connectivity index (χ1n) is 10.1. The SMILES string of the molecule is CCCCCC[C@@H]1CC(C(=O)OCC)(C(=O)OCC)Cc2cccc(F)c21. The lowest BCUT2D eigenvalue weighted by Crippen LogP contribution is -2.47. The lowest BCUT2D eigenvalue weighted by atomic mass is 9.65. The highest BCUT2D eigenvalue weighted by Crippen LogP contribution is 2.47. The molecule has 0 radical (unpaired) electrons. The first-order chi connectivity index (χ1) is 13.0. The van der Waals surface area contributed by atoms with Crippen molar-refractivity contribution >= 4 is 11.9 Å². The van der Waals surface area contributed by atoms with Gasteiger partial charge in [-0.1, -0.05) is 44.7 Å². The topological polar surface area (TPSA) is 52.6 Å².